The highest BCUT2D eigenvalue weighted by Crippen LogP contribution is 2.24. The van der Waals surface area contributed by atoms with Crippen molar-refractivity contribution in [2.45, 2.75) is 32.4 Å². The molecule has 2 N–H and O–H groups in total. The van der Waals surface area contributed by atoms with Crippen molar-refractivity contribution < 1.29 is 9.13 Å². The molecule has 5 nitrogen and oxygen atoms in total. The van der Waals surface area contributed by atoms with Crippen LogP contribution in [0.3, 0.4) is 0 Å². The van der Waals surface area contributed by atoms with Crippen molar-refractivity contribution in [2.75, 3.05) is 31.6 Å². The Morgan fingerprint density at radius 2 is 2.11 bits per heavy atom. The van der Waals surface area contributed by atoms with Gasteiger partial charge in [-0.1, -0.05) is 6.07 Å². The number of guanidine groups is 1. The topological polar surface area (TPSA) is 48.9 Å². The number of halogens is 2. The van der Waals surface area contributed by atoms with Gasteiger partial charge in [0.2, 0.25) is 0 Å². The Balaban J connectivity index is 0.00000280. The first-order chi connectivity index (χ1) is 13.2. The molecule has 0 atom stereocenters. The fraction of sp³-hybridized carbons (Fsp3) is 0.450. The average molecular weight is 518 g/mol. The molecule has 1 aliphatic rings. The number of benzene rings is 1. The highest BCUT2D eigenvalue weighted by atomic mass is 127. The summed E-state index contributed by atoms with van der Waals surface area (Å²) in [6.07, 6.45) is 2.14. The molecule has 8 heteroatoms. The van der Waals surface area contributed by atoms with E-state index in [0.29, 0.717) is 12.6 Å². The number of methoxy groups -OCH3 is 1. The van der Waals surface area contributed by atoms with Gasteiger partial charge in [0.1, 0.15) is 0 Å². The third-order valence-electron chi connectivity index (χ3n) is 4.63. The molecule has 0 bridgehead atoms. The van der Waals surface area contributed by atoms with Crippen molar-refractivity contribution in [1.29, 1.82) is 0 Å². The molecular formula is C20H28FIN4OS. The van der Waals surface area contributed by atoms with E-state index in [-0.39, 0.29) is 35.5 Å². The van der Waals surface area contributed by atoms with Gasteiger partial charge in [-0.3, -0.25) is 0 Å². The minimum absolute atomic E-state index is 0. The first kappa shape index (κ1) is 22.7. The average Bonchev–Trinajstić information content (AvgIpc) is 3.22. The summed E-state index contributed by atoms with van der Waals surface area (Å²) in [5.74, 6) is 0.678. The molecule has 2 aromatic rings. The van der Waals surface area contributed by atoms with Crippen molar-refractivity contribution >= 4 is 46.3 Å². The molecule has 0 radical (unpaired) electrons. The predicted molar refractivity (Wildman–Crippen MR) is 126 cm³/mol. The molecule has 0 unspecified atom stereocenters. The van der Waals surface area contributed by atoms with E-state index in [1.165, 1.54) is 18.2 Å². The van der Waals surface area contributed by atoms with Gasteiger partial charge >= 0.3 is 0 Å². The predicted octanol–water partition coefficient (Wildman–Crippen LogP) is 4.24. The van der Waals surface area contributed by atoms with Crippen LogP contribution >= 0.6 is 35.3 Å². The molecule has 0 aliphatic carbocycles. The number of hydrogen-bond donors (Lipinski definition) is 2. The van der Waals surface area contributed by atoms with Crippen LogP contribution in [0.2, 0.25) is 0 Å². The molecule has 0 amide bonds. The largest absolute Gasteiger partial charge is 0.494 e. The van der Waals surface area contributed by atoms with E-state index in [2.05, 4.69) is 38.0 Å². The summed E-state index contributed by atoms with van der Waals surface area (Å²) in [4.78, 5) is 7.06. The fourth-order valence-corrected chi connectivity index (χ4v) is 3.97. The fourth-order valence-electron chi connectivity index (χ4n) is 3.19. The number of hydrogen-bond acceptors (Lipinski definition) is 4. The third-order valence-corrected chi connectivity index (χ3v) is 5.56. The summed E-state index contributed by atoms with van der Waals surface area (Å²) >= 11 is 1.79. The van der Waals surface area contributed by atoms with E-state index < -0.39 is 0 Å². The zero-order chi connectivity index (χ0) is 19.1. The molecule has 154 valence electrons. The number of aliphatic imine (C=N–C) groups is 1. The molecule has 0 spiro atoms. The summed E-state index contributed by atoms with van der Waals surface area (Å²) in [7, 11) is 1.47. The monoisotopic (exact) mass is 518 g/mol. The third kappa shape index (κ3) is 6.23. The van der Waals surface area contributed by atoms with Gasteiger partial charge in [0.25, 0.3) is 0 Å². The second kappa shape index (κ2) is 11.5. The van der Waals surface area contributed by atoms with Gasteiger partial charge in [-0.15, -0.1) is 35.3 Å². The van der Waals surface area contributed by atoms with Crippen molar-refractivity contribution in [3.63, 3.8) is 0 Å². The van der Waals surface area contributed by atoms with Crippen molar-refractivity contribution in [2.24, 2.45) is 4.99 Å². The lowest BCUT2D eigenvalue weighted by molar-refractivity contribution is 0.386. The molecule has 28 heavy (non-hydrogen) atoms. The zero-order valence-corrected chi connectivity index (χ0v) is 19.4. The van der Waals surface area contributed by atoms with E-state index in [0.717, 1.165) is 44.0 Å². The maximum absolute atomic E-state index is 13.8. The Labute approximate surface area is 187 Å². The Hall–Kier alpha value is -1.55. The van der Waals surface area contributed by atoms with Crippen LogP contribution in [0.4, 0.5) is 9.39 Å². The lowest BCUT2D eigenvalue weighted by Gasteiger charge is -2.33. The first-order valence-electron chi connectivity index (χ1n) is 9.35. The standard InChI is InChI=1S/C20H27FN4OS.HI/c1-3-22-20(23-14-15-6-7-18(26-2)17(21)13-15)24-16-8-10-25(11-9-16)19-5-4-12-27-19;/h4-7,12-13,16H,3,8-11,14H2,1-2H3,(H2,22,23,24);1H. The lowest BCUT2D eigenvalue weighted by atomic mass is 10.1. The molecule has 1 fully saturated rings. The van der Waals surface area contributed by atoms with Crippen LogP contribution in [-0.4, -0.2) is 38.7 Å². The van der Waals surface area contributed by atoms with E-state index in [1.54, 1.807) is 17.4 Å². The number of anilines is 1. The minimum Gasteiger partial charge on any atom is -0.494 e. The molecular weight excluding hydrogens is 490 g/mol. The normalized spacial score (nSPS) is 15.1. The van der Waals surface area contributed by atoms with Crippen LogP contribution in [0.15, 0.2) is 40.7 Å². The van der Waals surface area contributed by atoms with E-state index in [4.69, 9.17) is 4.74 Å². The van der Waals surface area contributed by atoms with Crippen molar-refractivity contribution in [3.05, 3.63) is 47.1 Å². The quantitative estimate of drug-likeness (QED) is 0.342. The van der Waals surface area contributed by atoms with E-state index in [9.17, 15) is 4.39 Å². The van der Waals surface area contributed by atoms with Crippen LogP contribution in [-0.2, 0) is 6.54 Å². The highest BCUT2D eigenvalue weighted by Gasteiger charge is 2.20. The van der Waals surface area contributed by atoms with E-state index in [1.807, 2.05) is 13.0 Å². The van der Waals surface area contributed by atoms with Crippen LogP contribution in [0.1, 0.15) is 25.3 Å². The summed E-state index contributed by atoms with van der Waals surface area (Å²) in [6.45, 7) is 5.34. The second-order valence-corrected chi connectivity index (χ2v) is 7.45. The molecule has 0 saturated carbocycles. The summed E-state index contributed by atoms with van der Waals surface area (Å²) in [5, 5.41) is 10.3. The van der Waals surface area contributed by atoms with Crippen LogP contribution in [0.5, 0.6) is 5.75 Å². The zero-order valence-electron chi connectivity index (χ0n) is 16.3. The lowest BCUT2D eigenvalue weighted by Crippen LogP contribution is -2.48. The summed E-state index contributed by atoms with van der Waals surface area (Å²) < 4.78 is 18.8. The SMILES string of the molecule is CCNC(=NCc1ccc(OC)c(F)c1)NC1CCN(c2cccs2)CC1.I. The molecule has 1 aliphatic heterocycles. The number of nitrogens with zero attached hydrogens (tertiary/aromatic N) is 2. The van der Waals surface area contributed by atoms with Crippen LogP contribution in [0, 0.1) is 5.82 Å². The van der Waals surface area contributed by atoms with Gasteiger partial charge in [-0.05, 0) is 55.0 Å². The van der Waals surface area contributed by atoms with Crippen LogP contribution < -0.4 is 20.3 Å². The highest BCUT2D eigenvalue weighted by molar-refractivity contribution is 14.0. The van der Waals surface area contributed by atoms with Gasteiger partial charge < -0.3 is 20.3 Å². The molecule has 3 rings (SSSR count). The van der Waals surface area contributed by atoms with Crippen molar-refractivity contribution in [3.8, 4) is 5.75 Å². The summed E-state index contributed by atoms with van der Waals surface area (Å²) in [5.41, 5.74) is 0.818. The molecule has 1 aromatic carbocycles. The molecule has 1 aromatic heterocycles. The Morgan fingerprint density at radius 3 is 2.71 bits per heavy atom. The number of ether oxygens (including phenoxy) is 1. The van der Waals surface area contributed by atoms with Gasteiger partial charge in [0.15, 0.2) is 17.5 Å². The Morgan fingerprint density at radius 1 is 1.32 bits per heavy atom. The number of nitrogens with one attached hydrogen (secondary N) is 2. The number of thiophene rings is 1. The van der Waals surface area contributed by atoms with Gasteiger partial charge in [0, 0.05) is 25.7 Å². The minimum atomic E-state index is -0.357. The number of rotatable bonds is 6. The maximum Gasteiger partial charge on any atom is 0.191 e. The first-order valence-corrected chi connectivity index (χ1v) is 10.2. The molecule has 2 heterocycles. The van der Waals surface area contributed by atoms with Gasteiger partial charge in [-0.25, -0.2) is 9.38 Å². The van der Waals surface area contributed by atoms with Crippen LogP contribution in [0.25, 0.3) is 0 Å². The van der Waals surface area contributed by atoms with Gasteiger partial charge in [0.05, 0.1) is 18.7 Å². The smallest absolute Gasteiger partial charge is 0.191 e. The Bertz CT molecular complexity index is 749. The molecule has 1 saturated heterocycles. The number of piperidine rings is 1. The summed E-state index contributed by atoms with van der Waals surface area (Å²) in [6, 6.07) is 9.63. The second-order valence-electron chi connectivity index (χ2n) is 6.52. The van der Waals surface area contributed by atoms with Crippen molar-refractivity contribution in [1.82, 2.24) is 10.6 Å². The van der Waals surface area contributed by atoms with E-state index >= 15 is 0 Å². The Kier molecular flexibility index (Phi) is 9.30. The van der Waals surface area contributed by atoms with Gasteiger partial charge in [-0.2, -0.15) is 0 Å². The maximum atomic E-state index is 13.8.